The summed E-state index contributed by atoms with van der Waals surface area (Å²) in [5.41, 5.74) is 0.592. The number of rotatable bonds is 4. The molecular formula is C12H11F2N5O4S. The molecule has 3 N–H and O–H groups in total. The number of H-pyrrole nitrogens is 1. The zero-order valence-corrected chi connectivity index (χ0v) is 13.1. The van der Waals surface area contributed by atoms with Crippen molar-refractivity contribution in [2.75, 3.05) is 0 Å². The van der Waals surface area contributed by atoms with Crippen molar-refractivity contribution >= 4 is 23.0 Å². The summed E-state index contributed by atoms with van der Waals surface area (Å²) < 4.78 is 25.6. The van der Waals surface area contributed by atoms with E-state index < -0.39 is 28.0 Å². The van der Waals surface area contributed by atoms with Crippen LogP contribution in [0.1, 0.15) is 35.2 Å². The lowest BCUT2D eigenvalue weighted by atomic mass is 10.2. The van der Waals surface area contributed by atoms with Crippen molar-refractivity contribution in [3.8, 4) is 5.06 Å². The molecule has 0 unspecified atom stereocenters. The number of hydrogen-bond acceptors (Lipinski definition) is 7. The third kappa shape index (κ3) is 3.53. The summed E-state index contributed by atoms with van der Waals surface area (Å²) in [6.07, 6.45) is 0. The maximum absolute atomic E-state index is 12.6. The maximum Gasteiger partial charge on any atom is 0.333 e. The minimum atomic E-state index is -2.89. The van der Waals surface area contributed by atoms with Crippen LogP contribution in [-0.4, -0.2) is 31.5 Å². The number of aromatic amines is 1. The van der Waals surface area contributed by atoms with E-state index in [0.717, 1.165) is 6.07 Å². The lowest BCUT2D eigenvalue weighted by Gasteiger charge is -2.02. The van der Waals surface area contributed by atoms with Gasteiger partial charge in [0.15, 0.2) is 10.8 Å². The number of carbonyl (C=O) groups excluding carboxylic acids is 1. The van der Waals surface area contributed by atoms with Crippen LogP contribution in [0.5, 0.6) is 5.06 Å². The summed E-state index contributed by atoms with van der Waals surface area (Å²) >= 11 is 0.392. The van der Waals surface area contributed by atoms with Gasteiger partial charge in [-0.25, -0.2) is 10.1 Å². The Labute approximate surface area is 136 Å². The van der Waals surface area contributed by atoms with Crippen molar-refractivity contribution in [3.63, 3.8) is 0 Å². The van der Waals surface area contributed by atoms with Gasteiger partial charge in [0.25, 0.3) is 11.5 Å². The molecule has 2 rings (SSSR count). The van der Waals surface area contributed by atoms with Gasteiger partial charge in [-0.1, -0.05) is 0 Å². The summed E-state index contributed by atoms with van der Waals surface area (Å²) in [5.74, 6) is -0.878. The molecule has 0 aliphatic carbocycles. The number of halogens is 2. The molecule has 0 spiro atoms. The molecule has 0 atom stereocenters. The first-order valence-electron chi connectivity index (χ1n) is 6.36. The van der Waals surface area contributed by atoms with Crippen LogP contribution < -0.4 is 15.9 Å². The monoisotopic (exact) mass is 359 g/mol. The highest BCUT2D eigenvalue weighted by atomic mass is 32.1. The highest BCUT2D eigenvalue weighted by Crippen LogP contribution is 2.15. The average Bonchev–Trinajstić information content (AvgIpc) is 2.86. The standard InChI is InChI=1S/C12H11F2N5O4S/c1-4-3-6(18-19(4)11(13)14)8(20)17-16-5(2)7-9(21)15-12(23)24-10(7)22/h3,11,22H,1-2H3,(H,17,20)(H,15,21,23). The van der Waals surface area contributed by atoms with Crippen LogP contribution in [0.3, 0.4) is 0 Å². The van der Waals surface area contributed by atoms with E-state index in [4.69, 9.17) is 0 Å². The Hall–Kier alpha value is -2.89. The molecule has 0 aliphatic rings. The van der Waals surface area contributed by atoms with Crippen molar-refractivity contribution in [2.24, 2.45) is 5.10 Å². The van der Waals surface area contributed by atoms with Crippen molar-refractivity contribution < 1.29 is 18.7 Å². The van der Waals surface area contributed by atoms with E-state index in [1.807, 2.05) is 10.4 Å². The molecule has 2 heterocycles. The second kappa shape index (κ2) is 6.70. The highest BCUT2D eigenvalue weighted by Gasteiger charge is 2.17. The highest BCUT2D eigenvalue weighted by molar-refractivity contribution is 7.11. The van der Waals surface area contributed by atoms with Gasteiger partial charge in [-0.15, -0.1) is 0 Å². The summed E-state index contributed by atoms with van der Waals surface area (Å²) in [7, 11) is 0. The number of carbonyl (C=O) groups is 1. The van der Waals surface area contributed by atoms with Crippen LogP contribution >= 0.6 is 11.3 Å². The molecular weight excluding hydrogens is 348 g/mol. The molecule has 2 aromatic rings. The third-order valence-electron chi connectivity index (χ3n) is 2.87. The number of aryl methyl sites for hydroxylation is 1. The van der Waals surface area contributed by atoms with E-state index in [1.165, 1.54) is 13.8 Å². The molecule has 2 aromatic heterocycles. The first kappa shape index (κ1) is 17.5. The van der Waals surface area contributed by atoms with Gasteiger partial charge in [0.1, 0.15) is 5.56 Å². The normalized spacial score (nSPS) is 11.8. The van der Waals surface area contributed by atoms with E-state index in [9.17, 15) is 28.3 Å². The summed E-state index contributed by atoms with van der Waals surface area (Å²) in [6, 6.07) is 1.14. The topological polar surface area (TPSA) is 129 Å². The van der Waals surface area contributed by atoms with Crippen LogP contribution in [0.15, 0.2) is 20.8 Å². The van der Waals surface area contributed by atoms with Gasteiger partial charge < -0.3 is 5.11 Å². The minimum Gasteiger partial charge on any atom is -0.499 e. The predicted molar refractivity (Wildman–Crippen MR) is 80.8 cm³/mol. The fourth-order valence-corrected chi connectivity index (χ4v) is 2.44. The Kier molecular flexibility index (Phi) is 4.87. The number of nitrogens with one attached hydrogen (secondary N) is 2. The molecule has 0 aromatic carbocycles. The molecule has 128 valence electrons. The van der Waals surface area contributed by atoms with Crippen LogP contribution in [0.2, 0.25) is 0 Å². The first-order chi connectivity index (χ1) is 11.2. The van der Waals surface area contributed by atoms with Crippen molar-refractivity contribution in [1.82, 2.24) is 20.2 Å². The number of aromatic hydroxyl groups is 1. The van der Waals surface area contributed by atoms with Gasteiger partial charge in [0, 0.05) is 5.69 Å². The van der Waals surface area contributed by atoms with Gasteiger partial charge in [0.2, 0.25) is 0 Å². The summed E-state index contributed by atoms with van der Waals surface area (Å²) in [5, 5.41) is 16.1. The Morgan fingerprint density at radius 1 is 1.50 bits per heavy atom. The maximum atomic E-state index is 12.6. The van der Waals surface area contributed by atoms with E-state index in [2.05, 4.69) is 10.2 Å². The van der Waals surface area contributed by atoms with Crippen LogP contribution in [-0.2, 0) is 0 Å². The van der Waals surface area contributed by atoms with Crippen LogP contribution in [0, 0.1) is 6.92 Å². The zero-order chi connectivity index (χ0) is 18.0. The molecule has 24 heavy (non-hydrogen) atoms. The smallest absolute Gasteiger partial charge is 0.333 e. The van der Waals surface area contributed by atoms with Crippen LogP contribution in [0.4, 0.5) is 8.78 Å². The fraction of sp³-hybridized carbons (Fsp3) is 0.250. The van der Waals surface area contributed by atoms with E-state index in [0.29, 0.717) is 16.0 Å². The minimum absolute atomic E-state index is 0.0802. The van der Waals surface area contributed by atoms with Gasteiger partial charge in [-0.3, -0.25) is 19.4 Å². The van der Waals surface area contributed by atoms with E-state index in [-0.39, 0.29) is 22.7 Å². The Morgan fingerprint density at radius 3 is 2.71 bits per heavy atom. The SMILES string of the molecule is CC(=NNC(=O)c1cc(C)n(C(F)F)n1)c1c(O)sc(=O)[nH]c1=O. The molecule has 9 nitrogen and oxygen atoms in total. The second-order valence-corrected chi connectivity index (χ2v) is 5.52. The molecule has 12 heteroatoms. The quantitative estimate of drug-likeness (QED) is 0.542. The molecule has 0 fully saturated rings. The zero-order valence-electron chi connectivity index (χ0n) is 12.3. The lowest BCUT2D eigenvalue weighted by molar-refractivity contribution is 0.0538. The van der Waals surface area contributed by atoms with Crippen LogP contribution in [0.25, 0.3) is 0 Å². The van der Waals surface area contributed by atoms with Gasteiger partial charge in [-0.2, -0.15) is 19.0 Å². The average molecular weight is 359 g/mol. The van der Waals surface area contributed by atoms with Crippen molar-refractivity contribution in [3.05, 3.63) is 43.0 Å². The second-order valence-electron chi connectivity index (χ2n) is 4.56. The first-order valence-corrected chi connectivity index (χ1v) is 7.18. The van der Waals surface area contributed by atoms with E-state index >= 15 is 0 Å². The predicted octanol–water partition coefficient (Wildman–Crippen LogP) is 0.556. The molecule has 0 aliphatic heterocycles. The van der Waals surface area contributed by atoms with Crippen molar-refractivity contribution in [2.45, 2.75) is 20.4 Å². The number of aromatic nitrogens is 3. The molecule has 0 bridgehead atoms. The summed E-state index contributed by atoms with van der Waals surface area (Å²) in [6.45, 7) is -0.224. The van der Waals surface area contributed by atoms with Gasteiger partial charge in [-0.05, 0) is 31.3 Å². The molecule has 0 saturated heterocycles. The molecule has 0 radical (unpaired) electrons. The number of amides is 1. The fourth-order valence-electron chi connectivity index (χ4n) is 1.78. The van der Waals surface area contributed by atoms with Gasteiger partial charge >= 0.3 is 11.4 Å². The summed E-state index contributed by atoms with van der Waals surface area (Å²) in [4.78, 5) is 35.8. The molecule has 0 saturated carbocycles. The number of hydrazone groups is 1. The third-order valence-corrected chi connectivity index (χ3v) is 3.56. The Balaban J connectivity index is 2.24. The molecule has 1 amide bonds. The Morgan fingerprint density at radius 2 is 2.17 bits per heavy atom. The van der Waals surface area contributed by atoms with Crippen molar-refractivity contribution in [1.29, 1.82) is 0 Å². The lowest BCUT2D eigenvalue weighted by Crippen LogP contribution is -2.25. The van der Waals surface area contributed by atoms with Gasteiger partial charge in [0.05, 0.1) is 5.71 Å². The number of nitrogens with zero attached hydrogens (tertiary/aromatic N) is 3. The number of alkyl halides is 2. The Bertz CT molecular complexity index is 930. The largest absolute Gasteiger partial charge is 0.499 e. The number of hydrogen-bond donors (Lipinski definition) is 3. The van der Waals surface area contributed by atoms with E-state index in [1.54, 1.807) is 0 Å².